The average Bonchev–Trinajstić information content (AvgIpc) is 3.18. The average molecular weight is 292 g/mol. The van der Waals surface area contributed by atoms with Gasteiger partial charge in [-0.15, -0.1) is 11.3 Å². The molecule has 2 fully saturated rings. The smallest absolute Gasteiger partial charge is 0.223 e. The molecule has 0 aromatic carbocycles. The Hall–Kier alpha value is -0.870. The molecule has 1 aromatic heterocycles. The number of carbonyl (C=O) groups excluding carboxylic acids is 1. The van der Waals surface area contributed by atoms with Gasteiger partial charge in [0.2, 0.25) is 5.91 Å². The van der Waals surface area contributed by atoms with Crippen LogP contribution in [0.3, 0.4) is 0 Å². The Morgan fingerprint density at radius 2 is 1.95 bits per heavy atom. The standard InChI is InChI=1S/C16H24N2OS/c19-16(8-7-15-6-3-13-20-15)18-11-9-17(10-12-18)14-4-1-2-5-14/h3,6,13-14H,1-2,4-5,7-12H2. The van der Waals surface area contributed by atoms with Gasteiger partial charge in [-0.05, 0) is 30.7 Å². The number of hydrogen-bond acceptors (Lipinski definition) is 3. The molecule has 2 heterocycles. The number of piperazine rings is 1. The van der Waals surface area contributed by atoms with E-state index in [1.54, 1.807) is 11.3 Å². The van der Waals surface area contributed by atoms with Crippen molar-refractivity contribution in [1.29, 1.82) is 0 Å². The first-order valence-corrected chi connectivity index (χ1v) is 8.75. The maximum atomic E-state index is 12.2. The lowest BCUT2D eigenvalue weighted by Crippen LogP contribution is -2.51. The van der Waals surface area contributed by atoms with Crippen LogP contribution in [-0.4, -0.2) is 47.9 Å². The predicted octanol–water partition coefficient (Wildman–Crippen LogP) is 2.77. The van der Waals surface area contributed by atoms with E-state index in [1.165, 1.54) is 30.6 Å². The fraction of sp³-hybridized carbons (Fsp3) is 0.688. The molecule has 0 unspecified atom stereocenters. The molecule has 20 heavy (non-hydrogen) atoms. The molecule has 3 rings (SSSR count). The van der Waals surface area contributed by atoms with E-state index in [4.69, 9.17) is 0 Å². The minimum atomic E-state index is 0.337. The number of nitrogens with zero attached hydrogens (tertiary/aromatic N) is 2. The molecule has 110 valence electrons. The van der Waals surface area contributed by atoms with Crippen LogP contribution in [0.4, 0.5) is 0 Å². The van der Waals surface area contributed by atoms with Gasteiger partial charge in [0, 0.05) is 43.5 Å². The van der Waals surface area contributed by atoms with E-state index < -0.39 is 0 Å². The summed E-state index contributed by atoms with van der Waals surface area (Å²) in [5.41, 5.74) is 0. The van der Waals surface area contributed by atoms with Gasteiger partial charge < -0.3 is 4.90 Å². The molecule has 1 saturated heterocycles. The molecule has 4 heteroatoms. The van der Waals surface area contributed by atoms with Gasteiger partial charge in [0.1, 0.15) is 0 Å². The van der Waals surface area contributed by atoms with Gasteiger partial charge in [0.05, 0.1) is 0 Å². The second kappa shape index (κ2) is 6.72. The molecule has 1 aliphatic carbocycles. The maximum absolute atomic E-state index is 12.2. The fourth-order valence-corrected chi connectivity index (χ4v) is 4.16. The molecule has 1 amide bonds. The number of hydrogen-bond donors (Lipinski definition) is 0. The number of aryl methyl sites for hydroxylation is 1. The zero-order valence-electron chi connectivity index (χ0n) is 12.1. The summed E-state index contributed by atoms with van der Waals surface area (Å²) in [6, 6.07) is 4.99. The first-order valence-electron chi connectivity index (χ1n) is 7.87. The molecule has 1 aromatic rings. The third-order valence-electron chi connectivity index (χ3n) is 4.67. The van der Waals surface area contributed by atoms with Crippen LogP contribution >= 0.6 is 11.3 Å². The number of carbonyl (C=O) groups is 1. The second-order valence-corrected chi connectivity index (χ2v) is 6.97. The summed E-state index contributed by atoms with van der Waals surface area (Å²) < 4.78 is 0. The van der Waals surface area contributed by atoms with E-state index in [0.717, 1.165) is 38.6 Å². The summed E-state index contributed by atoms with van der Waals surface area (Å²) in [6.07, 6.45) is 7.09. The molecule has 0 spiro atoms. The van der Waals surface area contributed by atoms with Crippen molar-refractivity contribution >= 4 is 17.2 Å². The molecule has 0 radical (unpaired) electrons. The Labute approximate surface area is 125 Å². The van der Waals surface area contributed by atoms with Gasteiger partial charge in [-0.1, -0.05) is 18.9 Å². The normalized spacial score (nSPS) is 21.5. The third-order valence-corrected chi connectivity index (χ3v) is 5.61. The number of rotatable bonds is 4. The summed E-state index contributed by atoms with van der Waals surface area (Å²) >= 11 is 1.75. The van der Waals surface area contributed by atoms with E-state index >= 15 is 0 Å². The largest absolute Gasteiger partial charge is 0.340 e. The highest BCUT2D eigenvalue weighted by Gasteiger charge is 2.27. The van der Waals surface area contributed by atoms with Gasteiger partial charge in [-0.3, -0.25) is 9.69 Å². The second-order valence-electron chi connectivity index (χ2n) is 5.93. The zero-order valence-corrected chi connectivity index (χ0v) is 12.9. The first-order chi connectivity index (χ1) is 9.83. The molecule has 0 N–H and O–H groups in total. The topological polar surface area (TPSA) is 23.6 Å². The predicted molar refractivity (Wildman–Crippen MR) is 83.0 cm³/mol. The molecular weight excluding hydrogens is 268 g/mol. The van der Waals surface area contributed by atoms with Crippen LogP contribution in [0.15, 0.2) is 17.5 Å². The highest BCUT2D eigenvalue weighted by molar-refractivity contribution is 7.09. The monoisotopic (exact) mass is 292 g/mol. The molecular formula is C16H24N2OS. The molecule has 0 atom stereocenters. The quantitative estimate of drug-likeness (QED) is 0.852. The molecule has 2 aliphatic rings. The van der Waals surface area contributed by atoms with Crippen LogP contribution in [-0.2, 0) is 11.2 Å². The Morgan fingerprint density at radius 3 is 2.60 bits per heavy atom. The summed E-state index contributed by atoms with van der Waals surface area (Å²) in [5.74, 6) is 0.337. The Kier molecular flexibility index (Phi) is 4.73. The first kappa shape index (κ1) is 14.1. The van der Waals surface area contributed by atoms with Gasteiger partial charge in [-0.25, -0.2) is 0 Å². The van der Waals surface area contributed by atoms with Crippen LogP contribution < -0.4 is 0 Å². The van der Waals surface area contributed by atoms with Crippen LogP contribution in [0, 0.1) is 0 Å². The lowest BCUT2D eigenvalue weighted by atomic mass is 10.1. The Balaban J connectivity index is 1.41. The molecule has 3 nitrogen and oxygen atoms in total. The zero-order chi connectivity index (χ0) is 13.8. The van der Waals surface area contributed by atoms with E-state index in [1.807, 2.05) is 0 Å². The van der Waals surface area contributed by atoms with Crippen molar-refractivity contribution < 1.29 is 4.79 Å². The number of amides is 1. The van der Waals surface area contributed by atoms with E-state index in [9.17, 15) is 4.79 Å². The van der Waals surface area contributed by atoms with Crippen LogP contribution in [0.2, 0.25) is 0 Å². The van der Waals surface area contributed by atoms with Crippen molar-refractivity contribution in [3.05, 3.63) is 22.4 Å². The van der Waals surface area contributed by atoms with Crippen LogP contribution in [0.5, 0.6) is 0 Å². The van der Waals surface area contributed by atoms with Gasteiger partial charge in [-0.2, -0.15) is 0 Å². The highest BCUT2D eigenvalue weighted by atomic mass is 32.1. The van der Waals surface area contributed by atoms with E-state index in [2.05, 4.69) is 27.3 Å². The van der Waals surface area contributed by atoms with Gasteiger partial charge >= 0.3 is 0 Å². The number of thiophene rings is 1. The summed E-state index contributed by atoms with van der Waals surface area (Å²) in [4.78, 5) is 18.2. The summed E-state index contributed by atoms with van der Waals surface area (Å²) in [6.45, 7) is 4.02. The van der Waals surface area contributed by atoms with Crippen molar-refractivity contribution in [2.75, 3.05) is 26.2 Å². The van der Waals surface area contributed by atoms with Crippen molar-refractivity contribution in [3.8, 4) is 0 Å². The SMILES string of the molecule is O=C(CCc1cccs1)N1CCN(C2CCCC2)CC1. The molecule has 1 saturated carbocycles. The highest BCUT2D eigenvalue weighted by Crippen LogP contribution is 2.24. The van der Waals surface area contributed by atoms with E-state index in [-0.39, 0.29) is 0 Å². The Morgan fingerprint density at radius 1 is 1.20 bits per heavy atom. The maximum Gasteiger partial charge on any atom is 0.223 e. The van der Waals surface area contributed by atoms with Crippen molar-refractivity contribution in [2.24, 2.45) is 0 Å². The molecule has 0 bridgehead atoms. The molecule has 1 aliphatic heterocycles. The van der Waals surface area contributed by atoms with Gasteiger partial charge in [0.15, 0.2) is 0 Å². The summed E-state index contributed by atoms with van der Waals surface area (Å²) in [5, 5.41) is 2.08. The van der Waals surface area contributed by atoms with Crippen molar-refractivity contribution in [3.63, 3.8) is 0 Å². The lowest BCUT2D eigenvalue weighted by Gasteiger charge is -2.38. The minimum absolute atomic E-state index is 0.337. The van der Waals surface area contributed by atoms with E-state index in [0.29, 0.717) is 12.3 Å². The van der Waals surface area contributed by atoms with Crippen LogP contribution in [0.25, 0.3) is 0 Å². The van der Waals surface area contributed by atoms with Crippen molar-refractivity contribution in [2.45, 2.75) is 44.6 Å². The van der Waals surface area contributed by atoms with Crippen LogP contribution in [0.1, 0.15) is 37.0 Å². The van der Waals surface area contributed by atoms with Gasteiger partial charge in [0.25, 0.3) is 0 Å². The van der Waals surface area contributed by atoms with Crippen molar-refractivity contribution in [1.82, 2.24) is 9.80 Å². The Bertz CT molecular complexity index is 418. The minimum Gasteiger partial charge on any atom is -0.340 e. The summed E-state index contributed by atoms with van der Waals surface area (Å²) in [7, 11) is 0. The third kappa shape index (κ3) is 3.41. The fourth-order valence-electron chi connectivity index (χ4n) is 3.45. The lowest BCUT2D eigenvalue weighted by molar-refractivity contribution is -0.133.